The SMILES string of the molecule is CC[C@H](C)[C@H](CO)N1C(=O)[C@@H]2[C@H]3C(=O)N(c4ccccc4)CC=C[C@H]3O[C@@]23C=CCN(Cc2ccccc2)C(=O)C13. The van der Waals surface area contributed by atoms with Gasteiger partial charge in [-0.1, -0.05) is 93.1 Å². The molecule has 1 N–H and O–H groups in total. The van der Waals surface area contributed by atoms with E-state index in [4.69, 9.17) is 4.74 Å². The molecule has 7 atom stereocenters. The summed E-state index contributed by atoms with van der Waals surface area (Å²) in [6.07, 6.45) is 7.60. The van der Waals surface area contributed by atoms with E-state index in [0.29, 0.717) is 26.1 Å². The van der Waals surface area contributed by atoms with E-state index in [1.165, 1.54) is 0 Å². The summed E-state index contributed by atoms with van der Waals surface area (Å²) in [5, 5.41) is 10.6. The van der Waals surface area contributed by atoms with Crippen LogP contribution in [0.15, 0.2) is 85.0 Å². The summed E-state index contributed by atoms with van der Waals surface area (Å²) in [6.45, 7) is 4.80. The Bertz CT molecular complexity index is 1360. The van der Waals surface area contributed by atoms with E-state index in [0.717, 1.165) is 11.3 Å². The molecule has 2 aromatic rings. The van der Waals surface area contributed by atoms with Crippen LogP contribution in [0.2, 0.25) is 0 Å². The van der Waals surface area contributed by atoms with Gasteiger partial charge in [0.1, 0.15) is 11.6 Å². The Morgan fingerprint density at radius 1 is 0.951 bits per heavy atom. The van der Waals surface area contributed by atoms with Crippen LogP contribution >= 0.6 is 0 Å². The van der Waals surface area contributed by atoms with Crippen molar-refractivity contribution in [2.24, 2.45) is 17.8 Å². The molecule has 0 saturated carbocycles. The maximum Gasteiger partial charge on any atom is 0.249 e. The van der Waals surface area contributed by atoms with Crippen molar-refractivity contribution in [3.63, 3.8) is 0 Å². The minimum atomic E-state index is -1.32. The third kappa shape index (κ3) is 4.41. The highest BCUT2D eigenvalue weighted by Gasteiger charge is 2.72. The second-order valence-electron chi connectivity index (χ2n) is 11.5. The molecule has 1 spiro atoms. The van der Waals surface area contributed by atoms with Gasteiger partial charge >= 0.3 is 0 Å². The van der Waals surface area contributed by atoms with E-state index in [9.17, 15) is 19.5 Å². The van der Waals surface area contributed by atoms with Crippen molar-refractivity contribution < 1.29 is 24.2 Å². The number of para-hydroxylation sites is 1. The minimum Gasteiger partial charge on any atom is -0.394 e. The molecule has 1 unspecified atom stereocenters. The molecule has 6 rings (SSSR count). The summed E-state index contributed by atoms with van der Waals surface area (Å²) >= 11 is 0. The fourth-order valence-electron chi connectivity index (χ4n) is 7.08. The first kappa shape index (κ1) is 27.4. The number of likely N-dealkylation sites (tertiary alicyclic amines) is 1. The lowest BCUT2D eigenvalue weighted by Crippen LogP contribution is -2.59. The first-order valence-electron chi connectivity index (χ1n) is 14.6. The Hall–Kier alpha value is -3.75. The number of anilines is 1. The quantitative estimate of drug-likeness (QED) is 0.530. The third-order valence-electron chi connectivity index (χ3n) is 9.31. The van der Waals surface area contributed by atoms with Crippen LogP contribution < -0.4 is 4.90 Å². The van der Waals surface area contributed by atoms with Crippen LogP contribution in [0.3, 0.4) is 0 Å². The zero-order chi connectivity index (χ0) is 28.7. The Morgan fingerprint density at radius 3 is 2.34 bits per heavy atom. The van der Waals surface area contributed by atoms with Crippen molar-refractivity contribution in [3.8, 4) is 0 Å². The number of hydrogen-bond acceptors (Lipinski definition) is 5. The second-order valence-corrected chi connectivity index (χ2v) is 11.5. The highest BCUT2D eigenvalue weighted by molar-refractivity contribution is 6.04. The Kier molecular flexibility index (Phi) is 7.30. The van der Waals surface area contributed by atoms with Crippen LogP contribution in [0.5, 0.6) is 0 Å². The van der Waals surface area contributed by atoms with Gasteiger partial charge in [0, 0.05) is 25.3 Å². The minimum absolute atomic E-state index is 0.0659. The molecule has 0 aliphatic carbocycles. The smallest absolute Gasteiger partial charge is 0.249 e. The molecule has 0 bridgehead atoms. The van der Waals surface area contributed by atoms with Gasteiger partial charge in [-0.05, 0) is 23.6 Å². The molecule has 4 heterocycles. The normalized spacial score (nSPS) is 30.5. The van der Waals surface area contributed by atoms with Crippen molar-refractivity contribution in [3.05, 3.63) is 90.5 Å². The zero-order valence-electron chi connectivity index (χ0n) is 23.5. The lowest BCUT2D eigenvalue weighted by Gasteiger charge is -2.40. The average Bonchev–Trinajstić information content (AvgIpc) is 3.31. The molecule has 0 radical (unpaired) electrons. The van der Waals surface area contributed by atoms with Crippen molar-refractivity contribution in [1.82, 2.24) is 9.80 Å². The Labute approximate surface area is 240 Å². The van der Waals surface area contributed by atoms with Gasteiger partial charge in [0.05, 0.1) is 30.6 Å². The Balaban J connectivity index is 1.45. The summed E-state index contributed by atoms with van der Waals surface area (Å²) < 4.78 is 6.76. The van der Waals surface area contributed by atoms with Gasteiger partial charge in [-0.3, -0.25) is 14.4 Å². The molecule has 8 nitrogen and oxygen atoms in total. The maximum absolute atomic E-state index is 14.6. The number of benzene rings is 2. The Morgan fingerprint density at radius 2 is 1.66 bits per heavy atom. The van der Waals surface area contributed by atoms with Gasteiger partial charge in [-0.25, -0.2) is 0 Å². The number of hydrogen-bond donors (Lipinski definition) is 1. The fraction of sp³-hybridized carbons (Fsp3) is 0.424. The summed E-state index contributed by atoms with van der Waals surface area (Å²) in [5.74, 6) is -2.50. The number of aliphatic hydroxyl groups is 1. The summed E-state index contributed by atoms with van der Waals surface area (Å²) in [7, 11) is 0. The van der Waals surface area contributed by atoms with Gasteiger partial charge in [0.2, 0.25) is 17.7 Å². The average molecular weight is 556 g/mol. The van der Waals surface area contributed by atoms with Gasteiger partial charge in [-0.15, -0.1) is 0 Å². The largest absolute Gasteiger partial charge is 0.394 e. The van der Waals surface area contributed by atoms with E-state index in [1.807, 2.05) is 98.8 Å². The highest BCUT2D eigenvalue weighted by Crippen LogP contribution is 2.54. The lowest BCUT2D eigenvalue weighted by atomic mass is 9.77. The van der Waals surface area contributed by atoms with E-state index in [1.54, 1.807) is 14.7 Å². The molecule has 41 heavy (non-hydrogen) atoms. The van der Waals surface area contributed by atoms with E-state index >= 15 is 0 Å². The zero-order valence-corrected chi connectivity index (χ0v) is 23.5. The first-order valence-corrected chi connectivity index (χ1v) is 14.6. The monoisotopic (exact) mass is 555 g/mol. The van der Waals surface area contributed by atoms with Crippen molar-refractivity contribution in [1.29, 1.82) is 0 Å². The third-order valence-corrected chi connectivity index (χ3v) is 9.31. The van der Waals surface area contributed by atoms with Gasteiger partial charge in [0.25, 0.3) is 0 Å². The molecule has 0 aromatic heterocycles. The van der Waals surface area contributed by atoms with E-state index in [-0.39, 0.29) is 30.2 Å². The number of carbonyl (C=O) groups excluding carboxylic acids is 3. The number of carbonyl (C=O) groups is 3. The number of rotatable bonds is 7. The van der Waals surface area contributed by atoms with Gasteiger partial charge in [-0.2, -0.15) is 0 Å². The van der Waals surface area contributed by atoms with Crippen LogP contribution in [-0.4, -0.2) is 76.1 Å². The number of amides is 3. The number of fused-ring (bicyclic) bond motifs is 2. The predicted octanol–water partition coefficient (Wildman–Crippen LogP) is 3.18. The molecular weight excluding hydrogens is 518 g/mol. The predicted molar refractivity (Wildman–Crippen MR) is 154 cm³/mol. The molecule has 2 fully saturated rings. The topological polar surface area (TPSA) is 90.4 Å². The maximum atomic E-state index is 14.6. The number of ether oxygens (including phenoxy) is 1. The first-order chi connectivity index (χ1) is 19.9. The molecule has 3 amide bonds. The van der Waals surface area contributed by atoms with Crippen LogP contribution in [0.1, 0.15) is 25.8 Å². The van der Waals surface area contributed by atoms with Crippen LogP contribution in [0.25, 0.3) is 0 Å². The molecule has 4 aliphatic rings. The fourth-order valence-corrected chi connectivity index (χ4v) is 7.08. The lowest BCUT2D eigenvalue weighted by molar-refractivity contribution is -0.152. The molecule has 2 aromatic carbocycles. The molecule has 8 heteroatoms. The van der Waals surface area contributed by atoms with Gasteiger partial charge < -0.3 is 24.5 Å². The van der Waals surface area contributed by atoms with Crippen molar-refractivity contribution in [2.45, 2.75) is 50.6 Å². The van der Waals surface area contributed by atoms with Crippen LogP contribution in [0, 0.1) is 17.8 Å². The highest BCUT2D eigenvalue weighted by atomic mass is 16.5. The molecule has 2 saturated heterocycles. The number of aliphatic hydroxyl groups excluding tert-OH is 1. The van der Waals surface area contributed by atoms with Crippen molar-refractivity contribution >= 4 is 23.4 Å². The summed E-state index contributed by atoms with van der Waals surface area (Å²) in [6, 6.07) is 17.6. The summed E-state index contributed by atoms with van der Waals surface area (Å²) in [4.78, 5) is 48.4. The van der Waals surface area contributed by atoms with Crippen LogP contribution in [-0.2, 0) is 25.7 Å². The molecule has 4 aliphatic heterocycles. The van der Waals surface area contributed by atoms with Gasteiger partial charge in [0.15, 0.2) is 0 Å². The van der Waals surface area contributed by atoms with E-state index in [2.05, 4.69) is 0 Å². The molecular formula is C33H37N3O5. The number of nitrogens with zero attached hydrogens (tertiary/aromatic N) is 3. The summed E-state index contributed by atoms with van der Waals surface area (Å²) in [5.41, 5.74) is 0.402. The molecule has 214 valence electrons. The van der Waals surface area contributed by atoms with Crippen molar-refractivity contribution in [2.75, 3.05) is 24.6 Å². The standard InChI is InChI=1S/C33H37N3O5/c1-3-22(2)25(21-37)36-29-32(40)34(20-23-12-6-4-7-13-23)18-11-17-33(29)28(31(36)39)27-26(41-33)16-10-19-35(30(27)38)24-14-8-5-9-15-24/h4-17,22,25-29,37H,3,18-21H2,1-2H3/t22-,25-,26+,27-,28-,29?,33-/m0/s1. The second kappa shape index (κ2) is 10.9. The van der Waals surface area contributed by atoms with Crippen LogP contribution in [0.4, 0.5) is 5.69 Å². The van der Waals surface area contributed by atoms with E-state index < -0.39 is 35.6 Å².